The molecule has 0 amide bonds. The third-order valence-corrected chi connectivity index (χ3v) is 2.37. The highest BCUT2D eigenvalue weighted by molar-refractivity contribution is 6.32. The van der Waals surface area contributed by atoms with Crippen LogP contribution < -0.4 is 8.85 Å². The Morgan fingerprint density at radius 1 is 0.500 bits per heavy atom. The van der Waals surface area contributed by atoms with Crippen LogP contribution >= 0.6 is 0 Å². The molecule has 0 heterocycles. The molecule has 0 saturated heterocycles. The highest BCUT2D eigenvalue weighted by Gasteiger charge is 1.60. The Hall–Kier alpha value is -0.495. The van der Waals surface area contributed by atoms with Gasteiger partial charge in [-0.15, -0.1) is 24.3 Å². The number of hydrogen-bond donors (Lipinski definition) is 0. The van der Waals surface area contributed by atoms with Crippen molar-refractivity contribution in [1.82, 2.24) is 0 Å². The van der Waals surface area contributed by atoms with E-state index in [2.05, 4.69) is 32.6 Å². The van der Waals surface area contributed by atoms with Crippen molar-refractivity contribution in [1.29, 1.82) is 0 Å². The predicted octanol–water partition coefficient (Wildman–Crippen LogP) is 0.961. The van der Waals surface area contributed by atoms with Crippen LogP contribution in [0.4, 0.5) is 0 Å². The maximum absolute atomic E-state index is 2.63. The zero-order chi connectivity index (χ0) is 10.2. The maximum Gasteiger partial charge on any atom is -0.0626 e. The summed E-state index contributed by atoms with van der Waals surface area (Å²) >= 11 is 5.26. The molecule has 2 rings (SSSR count). The summed E-state index contributed by atoms with van der Waals surface area (Å²) in [5.74, 6) is 0. The van der Waals surface area contributed by atoms with Gasteiger partial charge < -0.3 is 41.4 Å². The molecule has 14 heavy (non-hydrogen) atoms. The maximum atomic E-state index is 2.63. The van der Waals surface area contributed by atoms with E-state index < -0.39 is 0 Å². The third-order valence-electron chi connectivity index (χ3n) is 1.60. The first-order valence-corrected chi connectivity index (χ1v) is 5.55. The van der Waals surface area contributed by atoms with Gasteiger partial charge in [0.1, 0.15) is 0 Å². The van der Waals surface area contributed by atoms with Crippen molar-refractivity contribution in [2.45, 2.75) is 0 Å². The highest BCUT2D eigenvalue weighted by atomic mass is 27.1. The van der Waals surface area contributed by atoms with Gasteiger partial charge in [0, 0.05) is 0 Å². The molecule has 0 bridgehead atoms. The van der Waals surface area contributed by atoms with Gasteiger partial charge in [-0.1, -0.05) is 36.4 Å². The van der Waals surface area contributed by atoms with E-state index in [4.69, 9.17) is 0 Å². The van der Waals surface area contributed by atoms with Crippen LogP contribution in [0.5, 0.6) is 0 Å². The molecule has 2 aromatic rings. The van der Waals surface area contributed by atoms with Crippen molar-refractivity contribution in [2.24, 2.45) is 0 Å². The molecule has 0 aliphatic carbocycles. The van der Waals surface area contributed by atoms with Crippen LogP contribution in [-0.2, 0) is 0 Å². The number of hydrogen-bond acceptors (Lipinski definition) is 0. The Bertz CT molecular complexity index is 306. The van der Waals surface area contributed by atoms with Gasteiger partial charge >= 0.3 is 0 Å². The molecular formula is C12H10Al2-2. The van der Waals surface area contributed by atoms with E-state index >= 15 is 0 Å². The summed E-state index contributed by atoms with van der Waals surface area (Å²) in [5.41, 5.74) is 0. The molecule has 0 unspecified atom stereocenters. The molecule has 2 aromatic carbocycles. The van der Waals surface area contributed by atoms with E-state index in [1.54, 1.807) is 0 Å². The summed E-state index contributed by atoms with van der Waals surface area (Å²) in [5, 5.41) is 0. The average Bonchev–Trinajstić information content (AvgIpc) is 2.21. The molecule has 0 aliphatic rings. The smallest absolute Gasteiger partial charge is 0.0626 e. The van der Waals surface area contributed by atoms with Crippen LogP contribution in [0.25, 0.3) is 0 Å². The number of rotatable bonds is 0. The third kappa shape index (κ3) is 5.28. The summed E-state index contributed by atoms with van der Waals surface area (Å²) < 4.78 is 2.48. The molecule has 0 aromatic heterocycles. The zero-order valence-electron chi connectivity index (χ0n) is 7.93. The minimum atomic E-state index is 1.24. The van der Waals surface area contributed by atoms with Gasteiger partial charge in [0.05, 0.1) is 0 Å². The molecule has 2 heteroatoms. The van der Waals surface area contributed by atoms with E-state index in [0.717, 1.165) is 0 Å². The van der Waals surface area contributed by atoms with Crippen LogP contribution in [0.1, 0.15) is 0 Å². The predicted molar refractivity (Wildman–Crippen MR) is 63.7 cm³/mol. The van der Waals surface area contributed by atoms with Crippen molar-refractivity contribution in [3.05, 3.63) is 60.7 Å². The van der Waals surface area contributed by atoms with Gasteiger partial charge in [0.25, 0.3) is 0 Å². The largest absolute Gasteiger partial charge is 0.525 e. The Morgan fingerprint density at radius 2 is 0.786 bits per heavy atom. The lowest BCUT2D eigenvalue weighted by molar-refractivity contribution is 1.78. The Labute approximate surface area is 102 Å². The first-order valence-electron chi connectivity index (χ1n) is 4.40. The minimum Gasteiger partial charge on any atom is -0.525 e. The molecule has 6 radical (unpaired) electrons. The second-order valence-corrected chi connectivity index (χ2v) is 4.15. The van der Waals surface area contributed by atoms with Crippen LogP contribution in [-0.4, -0.2) is 32.6 Å². The summed E-state index contributed by atoms with van der Waals surface area (Å²) in [6, 6.07) is 20.3. The summed E-state index contributed by atoms with van der Waals surface area (Å²) in [7, 11) is 0. The molecule has 0 aliphatic heterocycles. The normalized spacial score (nSPS) is 8.71. The van der Waals surface area contributed by atoms with Gasteiger partial charge in [-0.25, -0.2) is 0 Å². The molecule has 0 saturated carbocycles. The lowest BCUT2D eigenvalue weighted by atomic mass is 10.4. The summed E-state index contributed by atoms with van der Waals surface area (Å²) in [4.78, 5) is 0. The second kappa shape index (κ2) is 6.89. The average molecular weight is 208 g/mol. The second-order valence-electron chi connectivity index (χ2n) is 2.82. The Balaban J connectivity index is 0.000000140. The highest BCUT2D eigenvalue weighted by Crippen LogP contribution is 1.77. The molecular weight excluding hydrogens is 198 g/mol. The fraction of sp³-hybridized carbons (Fsp3) is 0. The minimum absolute atomic E-state index is 1.24. The fourth-order valence-electron chi connectivity index (χ4n) is 0.906. The number of benzene rings is 2. The van der Waals surface area contributed by atoms with Crippen molar-refractivity contribution in [3.63, 3.8) is 0 Å². The Morgan fingerprint density at radius 3 is 0.929 bits per heavy atom. The van der Waals surface area contributed by atoms with Crippen LogP contribution in [0.15, 0.2) is 60.7 Å². The van der Waals surface area contributed by atoms with Gasteiger partial charge in [0.15, 0.2) is 0 Å². The molecule has 0 atom stereocenters. The van der Waals surface area contributed by atoms with Crippen LogP contribution in [0.2, 0.25) is 0 Å². The van der Waals surface area contributed by atoms with Crippen LogP contribution in [0.3, 0.4) is 0 Å². The van der Waals surface area contributed by atoms with Gasteiger partial charge in [0.2, 0.25) is 0 Å². The first-order chi connectivity index (χ1) is 6.79. The monoisotopic (exact) mass is 208 g/mol. The Kier molecular flexibility index (Phi) is 5.69. The topological polar surface area (TPSA) is 0 Å². The van der Waals surface area contributed by atoms with E-state index in [-0.39, 0.29) is 0 Å². The van der Waals surface area contributed by atoms with Gasteiger partial charge in [-0.3, -0.25) is 0 Å². The summed E-state index contributed by atoms with van der Waals surface area (Å²) in [6.45, 7) is 0. The van der Waals surface area contributed by atoms with Crippen molar-refractivity contribution in [3.8, 4) is 0 Å². The van der Waals surface area contributed by atoms with E-state index in [1.807, 2.05) is 60.7 Å². The molecule has 0 nitrogen and oxygen atoms in total. The molecule has 0 N–H and O–H groups in total. The van der Waals surface area contributed by atoms with E-state index in [1.165, 1.54) is 8.85 Å². The first kappa shape index (κ1) is 11.6. The standard InChI is InChI=1S/2C6H5.2Al/c2*1-2-4-6-5-3-1;;/h2*1-5H;;/q;;2*-1. The lowest BCUT2D eigenvalue weighted by Gasteiger charge is -2.01. The molecule has 66 valence electrons. The fourth-order valence-corrected chi connectivity index (χ4v) is 1.35. The lowest BCUT2D eigenvalue weighted by Crippen LogP contribution is -1.97. The van der Waals surface area contributed by atoms with Crippen molar-refractivity contribution in [2.75, 3.05) is 0 Å². The van der Waals surface area contributed by atoms with Crippen molar-refractivity contribution >= 4 is 41.4 Å². The van der Waals surface area contributed by atoms with Gasteiger partial charge in [-0.2, -0.15) is 0 Å². The molecule has 0 fully saturated rings. The van der Waals surface area contributed by atoms with E-state index in [9.17, 15) is 0 Å². The van der Waals surface area contributed by atoms with E-state index in [0.29, 0.717) is 0 Å². The SMILES string of the molecule is [Al-][c]1ccccc1.[Al-][c]1ccccc1. The quantitative estimate of drug-likeness (QED) is 0.566. The molecule has 0 spiro atoms. The van der Waals surface area contributed by atoms with Gasteiger partial charge in [-0.05, 0) is 0 Å². The van der Waals surface area contributed by atoms with Crippen LogP contribution in [0, 0.1) is 0 Å². The summed E-state index contributed by atoms with van der Waals surface area (Å²) in [6.07, 6.45) is 0. The zero-order valence-corrected chi connectivity index (χ0v) is 10.2. The van der Waals surface area contributed by atoms with Crippen molar-refractivity contribution < 1.29 is 0 Å².